The van der Waals surface area contributed by atoms with Crippen molar-refractivity contribution in [3.63, 3.8) is 0 Å². The van der Waals surface area contributed by atoms with Crippen molar-refractivity contribution in [2.45, 2.75) is 6.42 Å². The Morgan fingerprint density at radius 3 is 2.80 bits per heavy atom. The molecule has 0 unspecified atom stereocenters. The van der Waals surface area contributed by atoms with Gasteiger partial charge in [0.15, 0.2) is 0 Å². The van der Waals surface area contributed by atoms with Crippen LogP contribution in [0.15, 0.2) is 18.2 Å². The number of halogens is 2. The van der Waals surface area contributed by atoms with Gasteiger partial charge in [-0.25, -0.2) is 0 Å². The van der Waals surface area contributed by atoms with Crippen LogP contribution in [0, 0.1) is 0 Å². The largest absolute Gasteiger partial charge is 0.491 e. The third kappa shape index (κ3) is 3.98. The first-order valence-corrected chi connectivity index (χ1v) is 5.03. The van der Waals surface area contributed by atoms with Gasteiger partial charge >= 0.3 is 5.97 Å². The predicted molar refractivity (Wildman–Crippen MR) is 58.6 cm³/mol. The molecule has 0 heterocycles. The van der Waals surface area contributed by atoms with Gasteiger partial charge in [-0.3, -0.25) is 4.79 Å². The molecular formula is C10H10Cl2O3. The van der Waals surface area contributed by atoms with Crippen molar-refractivity contribution in [1.29, 1.82) is 0 Å². The van der Waals surface area contributed by atoms with E-state index in [-0.39, 0.29) is 19.0 Å². The molecule has 0 saturated heterocycles. The van der Waals surface area contributed by atoms with Gasteiger partial charge in [0.05, 0.1) is 25.2 Å². The number of rotatable bonds is 4. The molecule has 0 radical (unpaired) electrons. The van der Waals surface area contributed by atoms with Gasteiger partial charge in [0.1, 0.15) is 5.75 Å². The summed E-state index contributed by atoms with van der Waals surface area (Å²) in [6, 6.07) is 4.90. The van der Waals surface area contributed by atoms with Gasteiger partial charge in [-0.15, -0.1) is 0 Å². The zero-order chi connectivity index (χ0) is 11.3. The standard InChI is InChI=1S/C10H10Cl2O3/c1-14-10(13)4-5-15-9-6-7(11)2-3-8(9)12/h2-3,6H,4-5H2,1H3. The van der Waals surface area contributed by atoms with Crippen LogP contribution in [0.25, 0.3) is 0 Å². The SMILES string of the molecule is COC(=O)CCOc1cc(Cl)ccc1Cl. The number of carbonyl (C=O) groups is 1. The summed E-state index contributed by atoms with van der Waals surface area (Å²) < 4.78 is 9.74. The smallest absolute Gasteiger partial charge is 0.308 e. The van der Waals surface area contributed by atoms with Crippen LogP contribution in [0.5, 0.6) is 5.75 Å². The maximum Gasteiger partial charge on any atom is 0.308 e. The van der Waals surface area contributed by atoms with Crippen LogP contribution in [0.2, 0.25) is 10.0 Å². The van der Waals surface area contributed by atoms with E-state index in [2.05, 4.69) is 4.74 Å². The Hall–Kier alpha value is -0.930. The fourth-order valence-corrected chi connectivity index (χ4v) is 1.27. The Morgan fingerprint density at radius 2 is 2.13 bits per heavy atom. The lowest BCUT2D eigenvalue weighted by molar-refractivity contribution is -0.141. The van der Waals surface area contributed by atoms with Crippen molar-refractivity contribution in [1.82, 2.24) is 0 Å². The van der Waals surface area contributed by atoms with Gasteiger partial charge in [-0.05, 0) is 12.1 Å². The molecule has 15 heavy (non-hydrogen) atoms. The number of esters is 1. The Kier molecular flexibility index (Phi) is 4.72. The second-order valence-electron chi connectivity index (χ2n) is 2.75. The van der Waals surface area contributed by atoms with Crippen LogP contribution in [0.1, 0.15) is 6.42 Å². The second-order valence-corrected chi connectivity index (χ2v) is 3.59. The van der Waals surface area contributed by atoms with Crippen molar-refractivity contribution in [2.75, 3.05) is 13.7 Å². The van der Waals surface area contributed by atoms with E-state index in [0.29, 0.717) is 15.8 Å². The highest BCUT2D eigenvalue weighted by Crippen LogP contribution is 2.27. The third-order valence-electron chi connectivity index (χ3n) is 1.68. The van der Waals surface area contributed by atoms with Crippen molar-refractivity contribution in [3.8, 4) is 5.75 Å². The van der Waals surface area contributed by atoms with Crippen LogP contribution < -0.4 is 4.74 Å². The summed E-state index contributed by atoms with van der Waals surface area (Å²) in [6.07, 6.45) is 0.180. The summed E-state index contributed by atoms with van der Waals surface area (Å²) >= 11 is 11.6. The minimum atomic E-state index is -0.326. The molecule has 0 spiro atoms. The van der Waals surface area contributed by atoms with E-state index in [0.717, 1.165) is 0 Å². The topological polar surface area (TPSA) is 35.5 Å². The molecule has 0 saturated carbocycles. The van der Waals surface area contributed by atoms with Crippen LogP contribution in [-0.4, -0.2) is 19.7 Å². The summed E-state index contributed by atoms with van der Waals surface area (Å²) in [5.74, 6) is 0.140. The van der Waals surface area contributed by atoms with Crippen molar-refractivity contribution >= 4 is 29.2 Å². The molecule has 0 fully saturated rings. The van der Waals surface area contributed by atoms with Crippen LogP contribution in [0.4, 0.5) is 0 Å². The van der Waals surface area contributed by atoms with Gasteiger partial charge in [-0.1, -0.05) is 23.2 Å². The Labute approximate surface area is 97.9 Å². The summed E-state index contributed by atoms with van der Waals surface area (Å²) in [7, 11) is 1.33. The molecule has 0 bridgehead atoms. The van der Waals surface area contributed by atoms with Crippen molar-refractivity contribution in [2.24, 2.45) is 0 Å². The van der Waals surface area contributed by atoms with Gasteiger partial charge in [0.25, 0.3) is 0 Å². The number of hydrogen-bond acceptors (Lipinski definition) is 3. The highest BCUT2D eigenvalue weighted by Gasteiger charge is 2.04. The maximum absolute atomic E-state index is 10.8. The summed E-state index contributed by atoms with van der Waals surface area (Å²) in [5.41, 5.74) is 0. The van der Waals surface area contributed by atoms with Crippen LogP contribution >= 0.6 is 23.2 Å². The third-order valence-corrected chi connectivity index (χ3v) is 2.23. The lowest BCUT2D eigenvalue weighted by Gasteiger charge is -2.07. The fraction of sp³-hybridized carbons (Fsp3) is 0.300. The first-order chi connectivity index (χ1) is 7.13. The molecule has 1 aromatic rings. The Bertz CT molecular complexity index is 353. The van der Waals surface area contributed by atoms with Gasteiger partial charge in [-0.2, -0.15) is 0 Å². The van der Waals surface area contributed by atoms with Gasteiger partial charge < -0.3 is 9.47 Å². The predicted octanol–water partition coefficient (Wildman–Crippen LogP) is 2.94. The molecular weight excluding hydrogens is 239 g/mol. The van der Waals surface area contributed by atoms with E-state index in [9.17, 15) is 4.79 Å². The first kappa shape index (κ1) is 12.1. The van der Waals surface area contributed by atoms with Gasteiger partial charge in [0.2, 0.25) is 0 Å². The molecule has 1 rings (SSSR count). The molecule has 0 aliphatic carbocycles. The second kappa shape index (κ2) is 5.83. The lowest BCUT2D eigenvalue weighted by atomic mass is 10.3. The van der Waals surface area contributed by atoms with Crippen LogP contribution in [-0.2, 0) is 9.53 Å². The highest BCUT2D eigenvalue weighted by atomic mass is 35.5. The first-order valence-electron chi connectivity index (χ1n) is 4.28. The summed E-state index contributed by atoms with van der Waals surface area (Å²) in [5, 5.41) is 0.997. The minimum absolute atomic E-state index is 0.180. The molecule has 0 aliphatic rings. The van der Waals surface area contributed by atoms with E-state index in [1.54, 1.807) is 18.2 Å². The van der Waals surface area contributed by atoms with E-state index in [1.165, 1.54) is 7.11 Å². The normalized spacial score (nSPS) is 9.80. The molecule has 3 nitrogen and oxygen atoms in total. The zero-order valence-corrected chi connectivity index (χ0v) is 9.64. The number of carbonyl (C=O) groups excluding carboxylic acids is 1. The molecule has 0 aliphatic heterocycles. The van der Waals surface area contributed by atoms with Crippen molar-refractivity contribution < 1.29 is 14.3 Å². The Balaban J connectivity index is 2.50. The summed E-state index contributed by atoms with van der Waals surface area (Å²) in [6.45, 7) is 0.215. The van der Waals surface area contributed by atoms with Gasteiger partial charge in [0, 0.05) is 11.1 Å². The molecule has 0 aromatic heterocycles. The van der Waals surface area contributed by atoms with E-state index in [1.807, 2.05) is 0 Å². The minimum Gasteiger partial charge on any atom is -0.491 e. The summed E-state index contributed by atoms with van der Waals surface area (Å²) in [4.78, 5) is 10.8. The average molecular weight is 249 g/mol. The average Bonchev–Trinajstić information content (AvgIpc) is 2.23. The van der Waals surface area contributed by atoms with Crippen LogP contribution in [0.3, 0.4) is 0 Å². The Morgan fingerprint density at radius 1 is 1.40 bits per heavy atom. The number of methoxy groups -OCH3 is 1. The molecule has 1 aromatic carbocycles. The highest BCUT2D eigenvalue weighted by molar-refractivity contribution is 6.34. The fourth-order valence-electron chi connectivity index (χ4n) is 0.934. The zero-order valence-electron chi connectivity index (χ0n) is 8.13. The lowest BCUT2D eigenvalue weighted by Crippen LogP contribution is -2.07. The van der Waals surface area contributed by atoms with E-state index in [4.69, 9.17) is 27.9 Å². The van der Waals surface area contributed by atoms with E-state index < -0.39 is 0 Å². The molecule has 0 atom stereocenters. The monoisotopic (exact) mass is 248 g/mol. The van der Waals surface area contributed by atoms with E-state index >= 15 is 0 Å². The molecule has 0 amide bonds. The number of benzene rings is 1. The number of ether oxygens (including phenoxy) is 2. The quantitative estimate of drug-likeness (QED) is 0.769. The molecule has 82 valence electrons. The maximum atomic E-state index is 10.8. The molecule has 5 heteroatoms. The number of hydrogen-bond donors (Lipinski definition) is 0. The van der Waals surface area contributed by atoms with Crippen molar-refractivity contribution in [3.05, 3.63) is 28.2 Å². The molecule has 0 N–H and O–H groups in total.